The second-order valence-corrected chi connectivity index (χ2v) is 35.8. The number of fused-ring (bicyclic) bond motifs is 2. The number of aromatic nitrogens is 1. The Hall–Kier alpha value is -0.197. The van der Waals surface area contributed by atoms with Gasteiger partial charge in [-0.05, 0) is 37.4 Å². The molecule has 4 nitrogen and oxygen atoms in total. The Bertz CT molecular complexity index is 992. The van der Waals surface area contributed by atoms with Crippen molar-refractivity contribution in [2.45, 2.75) is 13.8 Å². The Morgan fingerprint density at radius 1 is 1.03 bits per heavy atom. The summed E-state index contributed by atoms with van der Waals surface area (Å²) in [4.78, 5) is 8.46. The molecule has 0 fully saturated rings. The molecule has 1 N–H and O–H groups in total. The van der Waals surface area contributed by atoms with Gasteiger partial charge in [-0.3, -0.25) is 0 Å². The van der Waals surface area contributed by atoms with Crippen molar-refractivity contribution in [2.75, 3.05) is 45.6 Å². The molecule has 0 saturated heterocycles. The van der Waals surface area contributed by atoms with Gasteiger partial charge in [0.05, 0.1) is 20.8 Å². The van der Waals surface area contributed by atoms with Crippen molar-refractivity contribution in [3.63, 3.8) is 0 Å². The molecule has 3 rings (SSSR count). The second-order valence-electron chi connectivity index (χ2n) is 7.00. The number of nitrogens with one attached hydrogen (secondary N) is 1. The molecule has 1 heterocycles. The number of likely N-dealkylation sites (N-methyl/N-ethyl adjacent to an activating group) is 1. The van der Waals surface area contributed by atoms with Crippen molar-refractivity contribution in [1.82, 2.24) is 14.5 Å². The van der Waals surface area contributed by atoms with Crippen LogP contribution in [0.4, 0.5) is 5.69 Å². The molecule has 0 radical (unpaired) electrons. The summed E-state index contributed by atoms with van der Waals surface area (Å²) >= 11 is 1.81. The number of hydrogen-bond acceptors (Lipinski definition) is 4. The Labute approximate surface area is 201 Å². The minimum absolute atomic E-state index is 0.962. The molecular weight excluding hydrogens is 536 g/mol. The molecule has 0 amide bonds. The van der Waals surface area contributed by atoms with E-state index in [1.807, 2.05) is 0 Å². The van der Waals surface area contributed by atoms with Gasteiger partial charge in [0.25, 0.3) is 0 Å². The van der Waals surface area contributed by atoms with Gasteiger partial charge >= 0.3 is 49.6 Å². The van der Waals surface area contributed by atoms with Crippen LogP contribution < -0.4 is 15.2 Å². The second kappa shape index (κ2) is 12.2. The predicted molar refractivity (Wildman–Crippen MR) is 133 cm³/mol. The van der Waals surface area contributed by atoms with Crippen LogP contribution in [0.25, 0.3) is 20.8 Å². The zero-order chi connectivity index (χ0) is 22.3. The average Bonchev–Trinajstić information content (AvgIpc) is 2.68. The summed E-state index contributed by atoms with van der Waals surface area (Å²) in [6.45, 7) is 8.64. The van der Waals surface area contributed by atoms with Crippen LogP contribution in [0, 0.1) is 0 Å². The molecule has 0 saturated carbocycles. The van der Waals surface area contributed by atoms with Gasteiger partial charge in [-0.1, -0.05) is 13.8 Å². The van der Waals surface area contributed by atoms with Crippen LogP contribution in [-0.2, 0) is 10.8 Å². The molecule has 0 bridgehead atoms. The molecule has 10 heteroatoms. The van der Waals surface area contributed by atoms with Crippen LogP contribution in [0.5, 0.6) is 0 Å². The van der Waals surface area contributed by atoms with Crippen LogP contribution in [0.2, 0.25) is 0 Å². The molecule has 1 aromatic rings. The van der Waals surface area contributed by atoms with Gasteiger partial charge in [-0.25, -0.2) is 9.56 Å². The first-order chi connectivity index (χ1) is 14.1. The summed E-state index contributed by atoms with van der Waals surface area (Å²) in [5, 5.41) is 4.75. The predicted octanol–water partition coefficient (Wildman–Crippen LogP) is 5.94. The third kappa shape index (κ3) is 8.74. The van der Waals surface area contributed by atoms with E-state index in [4.69, 9.17) is 43.7 Å². The van der Waals surface area contributed by atoms with E-state index >= 15 is 0 Å². The van der Waals surface area contributed by atoms with E-state index in [1.54, 1.807) is 11.3 Å². The minimum atomic E-state index is -3.36. The van der Waals surface area contributed by atoms with Crippen molar-refractivity contribution in [1.29, 1.82) is 0 Å². The summed E-state index contributed by atoms with van der Waals surface area (Å²) in [6, 6.07) is 12.9. The Morgan fingerprint density at radius 3 is 2.30 bits per heavy atom. The van der Waals surface area contributed by atoms with Crippen molar-refractivity contribution in [3.05, 3.63) is 41.8 Å². The SMILES string of the molecule is CCN(CC)CCNc1ccc2nc3ccc(=[N+](C)C)cc-3sc2c1.[Cl][Zn-2]([Cl])([Cl])[Cl]. The fourth-order valence-corrected chi connectivity index (χ4v) is 3.94. The first-order valence-electron chi connectivity index (χ1n) is 9.99. The van der Waals surface area contributed by atoms with Gasteiger partial charge in [0, 0.05) is 30.9 Å². The molecule has 1 aromatic carbocycles. The molecule has 164 valence electrons. The van der Waals surface area contributed by atoms with E-state index in [1.165, 1.54) is 20.6 Å². The third-order valence-corrected chi connectivity index (χ3v) is 5.63. The summed E-state index contributed by atoms with van der Waals surface area (Å²) in [7, 11) is 21.0. The summed E-state index contributed by atoms with van der Waals surface area (Å²) in [5.41, 5.74) is 3.29. The van der Waals surface area contributed by atoms with Crippen LogP contribution in [0.15, 0.2) is 36.4 Å². The fraction of sp³-hybridized carbons (Fsp3) is 0.400. The molecule has 1 aliphatic carbocycles. The standard InChI is InChI=1S/C20H26N4S.4ClH.Zn/c1-5-24(6-2)12-11-21-15-7-9-17-19(13-15)25-20-14-16(23(3)4)8-10-18(20)22-17;;;;;/h7-10,13-14H,5-6,11-12H2,1-4H3;4*1H;/q;;;;;+2/p-3. The van der Waals surface area contributed by atoms with Crippen molar-refractivity contribution >= 4 is 66.0 Å². The monoisotopic (exact) mass is 559 g/mol. The van der Waals surface area contributed by atoms with Crippen molar-refractivity contribution in [2.24, 2.45) is 0 Å². The molecule has 1 aliphatic heterocycles. The van der Waals surface area contributed by atoms with Gasteiger partial charge in [-0.2, -0.15) is 0 Å². The number of halogens is 4. The van der Waals surface area contributed by atoms with E-state index in [2.05, 4.69) is 79.1 Å². The van der Waals surface area contributed by atoms with Gasteiger partial charge in [0.1, 0.15) is 14.1 Å². The number of nitrogens with zero attached hydrogens (tertiary/aromatic N) is 3. The zero-order valence-electron chi connectivity index (χ0n) is 17.8. The van der Waals surface area contributed by atoms with Crippen molar-refractivity contribution in [3.8, 4) is 10.6 Å². The van der Waals surface area contributed by atoms with E-state index in [0.717, 1.165) is 37.4 Å². The Morgan fingerprint density at radius 2 is 1.70 bits per heavy atom. The van der Waals surface area contributed by atoms with Gasteiger partial charge < -0.3 is 10.2 Å². The first-order valence-corrected chi connectivity index (χ1v) is 26.4. The zero-order valence-corrected chi connectivity index (χ0v) is 24.6. The van der Waals surface area contributed by atoms with Gasteiger partial charge in [0.2, 0.25) is 5.36 Å². The molecule has 0 aromatic heterocycles. The molecule has 0 unspecified atom stereocenters. The number of rotatable bonds is 6. The molecule has 0 spiro atoms. The summed E-state index contributed by atoms with van der Waals surface area (Å²) in [6.07, 6.45) is 0. The number of hydrogen-bond donors (Lipinski definition) is 1. The number of anilines is 1. The van der Waals surface area contributed by atoms with Crippen LogP contribution in [-0.4, -0.2) is 50.2 Å². The van der Waals surface area contributed by atoms with Crippen molar-refractivity contribution < 1.29 is 10.8 Å². The Kier molecular flexibility index (Phi) is 10.6. The summed E-state index contributed by atoms with van der Waals surface area (Å²) < 4.78 is 3.35. The molecule has 2 aliphatic rings. The first kappa shape index (κ1) is 26.1. The van der Waals surface area contributed by atoms with Gasteiger partial charge in [-0.15, -0.1) is 11.3 Å². The molecular formula is C20H27Cl4N4SZn-. The van der Waals surface area contributed by atoms with E-state index in [9.17, 15) is 0 Å². The molecule has 30 heavy (non-hydrogen) atoms. The van der Waals surface area contributed by atoms with Crippen LogP contribution in [0.3, 0.4) is 0 Å². The number of benzene rings is 2. The van der Waals surface area contributed by atoms with E-state index < -0.39 is 10.8 Å². The van der Waals surface area contributed by atoms with Gasteiger partial charge in [0.15, 0.2) is 0 Å². The Balaban J connectivity index is 0.000000575. The summed E-state index contributed by atoms with van der Waals surface area (Å²) in [5.74, 6) is 0. The van der Waals surface area contributed by atoms with E-state index in [-0.39, 0.29) is 0 Å². The van der Waals surface area contributed by atoms with E-state index in [0.29, 0.717) is 0 Å². The fourth-order valence-electron chi connectivity index (χ4n) is 2.90. The van der Waals surface area contributed by atoms with Crippen LogP contribution >= 0.6 is 50.1 Å². The molecule has 0 atom stereocenters. The maximum atomic E-state index is 5.05. The van der Waals surface area contributed by atoms with Crippen LogP contribution in [0.1, 0.15) is 13.8 Å². The third-order valence-electron chi connectivity index (χ3n) is 4.53. The quantitative estimate of drug-likeness (QED) is 0.229. The normalized spacial score (nSPS) is 11.5. The maximum absolute atomic E-state index is 5.05. The average molecular weight is 563 g/mol. The topological polar surface area (TPSA) is 31.2 Å².